The van der Waals surface area contributed by atoms with Crippen molar-refractivity contribution < 1.29 is 24.6 Å². The molecule has 2 saturated heterocycles. The minimum atomic E-state index is -0.826. The molecule has 14 nitrogen and oxygen atoms in total. The molecule has 2 aliphatic rings. The number of phenolic OH excluding ortho intramolecular Hbond substituents is 1. The largest absolute Gasteiger partial charge is 0.507 e. The highest BCUT2D eigenvalue weighted by Gasteiger charge is 2.43. The molecule has 4 atom stereocenters. The standard InChI is InChI=1S/C44H57N9O5S/c1-27(30-15-17-31(18-16-30)40-29(3)46-26-59-40)47-28(2)35-23-32(54)25-53(35)43(58)41(44(4,5)6)48-38(56)13-9-10-14-39(57)52-21-19-51(20-22-52)36-24-34(49-50-42(36)45)33-11-7-8-12-37(33)55/h7-8,11-12,15-18,24,26-27,32,35,41,47,54-55H,2,9-10,13-14,19-23,25H2,1,3-6H3,(H2,45,50)(H,48,56)/t27-,32+,35-,41+/m0/s1. The first kappa shape index (κ1) is 43.0. The van der Waals surface area contributed by atoms with E-state index in [0.29, 0.717) is 74.5 Å². The molecule has 4 heterocycles. The Labute approximate surface area is 350 Å². The van der Waals surface area contributed by atoms with Crippen molar-refractivity contribution in [3.63, 3.8) is 0 Å². The van der Waals surface area contributed by atoms with Gasteiger partial charge in [-0.2, -0.15) is 0 Å². The summed E-state index contributed by atoms with van der Waals surface area (Å²) in [6.45, 7) is 16.4. The summed E-state index contributed by atoms with van der Waals surface area (Å²) in [5.41, 5.74) is 13.0. The Morgan fingerprint density at radius 3 is 2.36 bits per heavy atom. The number of rotatable bonds is 14. The average Bonchev–Trinajstić information content (AvgIpc) is 3.83. The zero-order valence-corrected chi connectivity index (χ0v) is 35.5. The number of unbranched alkanes of at least 4 members (excludes halogenated alkanes) is 1. The number of hydrogen-bond acceptors (Lipinski definition) is 12. The number of aliphatic hydroxyl groups excluding tert-OH is 1. The van der Waals surface area contributed by atoms with Crippen LogP contribution in [0, 0.1) is 12.3 Å². The van der Waals surface area contributed by atoms with Crippen molar-refractivity contribution in [2.45, 2.75) is 91.0 Å². The summed E-state index contributed by atoms with van der Waals surface area (Å²) in [6.07, 6.45) is 1.13. The Morgan fingerprint density at radius 1 is 1.00 bits per heavy atom. The number of carbonyl (C=O) groups excluding carboxylic acids is 3. The molecule has 0 spiro atoms. The summed E-state index contributed by atoms with van der Waals surface area (Å²) >= 11 is 1.61. The van der Waals surface area contributed by atoms with Crippen LogP contribution in [0.15, 0.2) is 72.4 Å². The Kier molecular flexibility index (Phi) is 13.6. The van der Waals surface area contributed by atoms with Gasteiger partial charge in [0.15, 0.2) is 5.82 Å². The number of aromatic nitrogens is 3. The number of piperazine rings is 1. The van der Waals surface area contributed by atoms with Crippen LogP contribution in [-0.4, -0.2) is 104 Å². The SMILES string of the molecule is C=C(N[C@@H](C)c1ccc(-c2scnc2C)cc1)[C@@H]1C[C@@H](O)CN1C(=O)[C@@H](NC(=O)CCCCC(=O)N1CCN(c2cc(-c3ccccc3O)nnc2N)CC1)C(C)(C)C. The molecule has 314 valence electrons. The summed E-state index contributed by atoms with van der Waals surface area (Å²) < 4.78 is 0. The van der Waals surface area contributed by atoms with E-state index >= 15 is 0 Å². The van der Waals surface area contributed by atoms with Gasteiger partial charge < -0.3 is 41.3 Å². The molecule has 2 aliphatic heterocycles. The lowest BCUT2D eigenvalue weighted by Gasteiger charge is -2.36. The fourth-order valence-electron chi connectivity index (χ4n) is 7.78. The molecule has 4 aromatic rings. The number of phenols is 1. The Morgan fingerprint density at radius 2 is 1.69 bits per heavy atom. The van der Waals surface area contributed by atoms with Gasteiger partial charge in [0.2, 0.25) is 17.7 Å². The van der Waals surface area contributed by atoms with Crippen molar-refractivity contribution >= 4 is 40.6 Å². The van der Waals surface area contributed by atoms with E-state index in [4.69, 9.17) is 5.73 Å². The highest BCUT2D eigenvalue weighted by atomic mass is 32.1. The molecule has 6 rings (SSSR count). The van der Waals surface area contributed by atoms with E-state index in [9.17, 15) is 24.6 Å². The van der Waals surface area contributed by atoms with E-state index in [-0.39, 0.29) is 48.3 Å². The minimum Gasteiger partial charge on any atom is -0.507 e. The zero-order chi connectivity index (χ0) is 42.4. The predicted molar refractivity (Wildman–Crippen MR) is 231 cm³/mol. The number of aryl methyl sites for hydroxylation is 1. The number of anilines is 2. The van der Waals surface area contributed by atoms with Gasteiger partial charge in [0.25, 0.3) is 0 Å². The van der Waals surface area contributed by atoms with E-state index < -0.39 is 23.6 Å². The fraction of sp³-hybridized carbons (Fsp3) is 0.455. The van der Waals surface area contributed by atoms with E-state index in [1.807, 2.05) is 57.2 Å². The Bertz CT molecular complexity index is 2130. The minimum absolute atomic E-state index is 0.0216. The molecule has 59 heavy (non-hydrogen) atoms. The second-order valence-corrected chi connectivity index (χ2v) is 17.5. The van der Waals surface area contributed by atoms with E-state index in [0.717, 1.165) is 21.7 Å². The van der Waals surface area contributed by atoms with E-state index in [1.54, 1.807) is 34.4 Å². The summed E-state index contributed by atoms with van der Waals surface area (Å²) in [5.74, 6) is -0.117. The zero-order valence-electron chi connectivity index (χ0n) is 34.6. The lowest BCUT2D eigenvalue weighted by Crippen LogP contribution is -2.56. The predicted octanol–water partition coefficient (Wildman–Crippen LogP) is 5.43. The fourth-order valence-corrected chi connectivity index (χ4v) is 8.59. The average molecular weight is 824 g/mol. The smallest absolute Gasteiger partial charge is 0.246 e. The summed E-state index contributed by atoms with van der Waals surface area (Å²) in [7, 11) is 0. The topological polar surface area (TPSA) is 190 Å². The first-order valence-electron chi connectivity index (χ1n) is 20.3. The molecule has 2 fully saturated rings. The lowest BCUT2D eigenvalue weighted by molar-refractivity contribution is -0.140. The number of para-hydroxylation sites is 1. The van der Waals surface area contributed by atoms with Crippen LogP contribution in [0.25, 0.3) is 21.7 Å². The van der Waals surface area contributed by atoms with Crippen molar-refractivity contribution in [3.05, 3.63) is 83.6 Å². The van der Waals surface area contributed by atoms with Gasteiger partial charge in [-0.05, 0) is 61.4 Å². The van der Waals surface area contributed by atoms with Crippen molar-refractivity contribution in [1.82, 2.24) is 35.6 Å². The number of carbonyl (C=O) groups is 3. The number of β-amino-alcohol motifs (C(OH)–C–C–N with tert-alkyl or cyclic N) is 1. The van der Waals surface area contributed by atoms with E-state index in [1.165, 1.54) is 0 Å². The van der Waals surface area contributed by atoms with Gasteiger partial charge >= 0.3 is 0 Å². The summed E-state index contributed by atoms with van der Waals surface area (Å²) in [5, 5.41) is 35.8. The van der Waals surface area contributed by atoms with Gasteiger partial charge in [0.1, 0.15) is 11.8 Å². The Hall–Kier alpha value is -5.54. The van der Waals surface area contributed by atoms with Crippen LogP contribution in [0.4, 0.5) is 11.5 Å². The number of nitrogens with one attached hydrogen (secondary N) is 2. The quantitative estimate of drug-likeness (QED) is 0.102. The lowest BCUT2D eigenvalue weighted by atomic mass is 9.85. The first-order chi connectivity index (χ1) is 28.1. The second-order valence-electron chi connectivity index (χ2n) is 16.6. The van der Waals surface area contributed by atoms with Gasteiger partial charge in [-0.1, -0.05) is 63.7 Å². The third-order valence-electron chi connectivity index (χ3n) is 11.2. The van der Waals surface area contributed by atoms with Crippen LogP contribution in [0.2, 0.25) is 0 Å². The van der Waals surface area contributed by atoms with Crippen LogP contribution in [0.5, 0.6) is 5.75 Å². The van der Waals surface area contributed by atoms with Crippen molar-refractivity contribution in [1.29, 1.82) is 0 Å². The number of aromatic hydroxyl groups is 1. The molecule has 2 aromatic carbocycles. The number of nitrogens with zero attached hydrogens (tertiary/aromatic N) is 6. The monoisotopic (exact) mass is 823 g/mol. The molecule has 0 saturated carbocycles. The van der Waals surface area contributed by atoms with Gasteiger partial charge in [0.05, 0.1) is 39.6 Å². The van der Waals surface area contributed by atoms with Gasteiger partial charge in [-0.15, -0.1) is 21.5 Å². The van der Waals surface area contributed by atoms with Crippen molar-refractivity contribution in [2.75, 3.05) is 43.4 Å². The number of benzene rings is 2. The molecule has 15 heteroatoms. The molecule has 6 N–H and O–H groups in total. The van der Waals surface area contributed by atoms with Crippen LogP contribution in [0.1, 0.15) is 77.1 Å². The maximum atomic E-state index is 14.2. The number of amides is 3. The number of thiazole rings is 1. The molecular weight excluding hydrogens is 767 g/mol. The summed E-state index contributed by atoms with van der Waals surface area (Å²) in [6, 6.07) is 15.7. The van der Waals surface area contributed by atoms with Gasteiger partial charge in [0, 0.05) is 69.3 Å². The number of hydrogen-bond donors (Lipinski definition) is 5. The van der Waals surface area contributed by atoms with Crippen molar-refractivity contribution in [2.24, 2.45) is 5.41 Å². The first-order valence-corrected chi connectivity index (χ1v) is 21.2. The molecule has 0 unspecified atom stereocenters. The Balaban J connectivity index is 0.967. The molecule has 3 amide bonds. The molecular formula is C44H57N9O5S. The molecule has 0 aliphatic carbocycles. The number of nitrogen functional groups attached to an aromatic ring is 1. The van der Waals surface area contributed by atoms with Crippen LogP contribution in [0.3, 0.4) is 0 Å². The maximum Gasteiger partial charge on any atom is 0.246 e. The second kappa shape index (κ2) is 18.6. The van der Waals surface area contributed by atoms with Crippen LogP contribution >= 0.6 is 11.3 Å². The van der Waals surface area contributed by atoms with Crippen LogP contribution in [-0.2, 0) is 14.4 Å². The highest BCUT2D eigenvalue weighted by Crippen LogP contribution is 2.33. The highest BCUT2D eigenvalue weighted by molar-refractivity contribution is 7.13. The molecule has 2 aromatic heterocycles. The van der Waals surface area contributed by atoms with E-state index in [2.05, 4.69) is 61.6 Å². The molecule has 0 radical (unpaired) electrons. The van der Waals surface area contributed by atoms with Crippen molar-refractivity contribution in [3.8, 4) is 27.4 Å². The third-order valence-corrected chi connectivity index (χ3v) is 12.2. The normalized spacial score (nSPS) is 18.0. The number of aliphatic hydroxyl groups is 1. The maximum absolute atomic E-state index is 14.2. The third kappa shape index (κ3) is 10.4. The molecule has 0 bridgehead atoms. The van der Waals surface area contributed by atoms with Gasteiger partial charge in [-0.25, -0.2) is 4.98 Å². The van der Waals surface area contributed by atoms with Gasteiger partial charge in [-0.3, -0.25) is 14.4 Å². The summed E-state index contributed by atoms with van der Waals surface area (Å²) in [4.78, 5) is 51.7. The number of likely N-dealkylation sites (tertiary alicyclic amines) is 1. The number of nitrogens with two attached hydrogens (primary N) is 1. The van der Waals surface area contributed by atoms with Crippen LogP contribution < -0.4 is 21.3 Å².